The highest BCUT2D eigenvalue weighted by Gasteiger charge is 2.24. The fraction of sp³-hybridized carbons (Fsp3) is 0. The van der Waals surface area contributed by atoms with Gasteiger partial charge < -0.3 is 4.57 Å². The number of rotatable bonds is 2. The topological polar surface area (TPSA) is 4.93 Å². The summed E-state index contributed by atoms with van der Waals surface area (Å²) in [5, 5.41) is 18.0. The smallest absolute Gasteiger partial charge is 0.0626 e. The third-order valence-corrected chi connectivity index (χ3v) is 10.4. The van der Waals surface area contributed by atoms with E-state index in [4.69, 9.17) is 0 Å². The zero-order valence-corrected chi connectivity index (χ0v) is 25.5. The molecule has 1 nitrogen and oxygen atoms in total. The molecule has 0 saturated heterocycles. The van der Waals surface area contributed by atoms with Gasteiger partial charge in [-0.25, -0.2) is 0 Å². The Morgan fingerprint density at radius 2 is 0.915 bits per heavy atom. The molecule has 0 aliphatic rings. The van der Waals surface area contributed by atoms with E-state index in [0.29, 0.717) is 0 Å². The second-order valence-corrected chi connectivity index (χ2v) is 12.9. The molecule has 0 amide bonds. The van der Waals surface area contributed by atoms with Gasteiger partial charge in [-0.2, -0.15) is 0 Å². The molecule has 0 unspecified atom stereocenters. The Balaban J connectivity index is 1.39. The zero-order valence-electron chi connectivity index (χ0n) is 25.5. The van der Waals surface area contributed by atoms with Gasteiger partial charge >= 0.3 is 0 Å². The van der Waals surface area contributed by atoms with Gasteiger partial charge in [-0.3, -0.25) is 0 Å². The van der Waals surface area contributed by atoms with Crippen LogP contribution in [0, 0.1) is 0 Å². The summed E-state index contributed by atoms with van der Waals surface area (Å²) in [6, 6.07) is 60.8. The van der Waals surface area contributed by atoms with Gasteiger partial charge in [0.15, 0.2) is 0 Å². The van der Waals surface area contributed by atoms with E-state index < -0.39 is 0 Å². The molecule has 0 N–H and O–H groups in total. The molecule has 11 rings (SSSR count). The van der Waals surface area contributed by atoms with Crippen molar-refractivity contribution in [2.75, 3.05) is 0 Å². The number of hydrogen-bond acceptors (Lipinski definition) is 0. The molecule has 0 bridgehead atoms. The van der Waals surface area contributed by atoms with Crippen molar-refractivity contribution in [2.24, 2.45) is 0 Å². The highest BCUT2D eigenvalue weighted by Crippen LogP contribution is 2.49. The average Bonchev–Trinajstić information content (AvgIpc) is 3.48. The number of aromatic nitrogens is 1. The largest absolute Gasteiger partial charge is 0.307 e. The van der Waals surface area contributed by atoms with Crippen LogP contribution in [-0.2, 0) is 0 Å². The molecule has 10 aromatic carbocycles. The number of nitrogens with zero attached hydrogens (tertiary/aromatic N) is 1. The number of para-hydroxylation sites is 1. The van der Waals surface area contributed by atoms with Gasteiger partial charge in [0.05, 0.1) is 16.7 Å². The minimum absolute atomic E-state index is 1.23. The number of benzene rings is 10. The number of fused-ring (bicyclic) bond motifs is 8. The molecule has 1 heteroatoms. The lowest BCUT2D eigenvalue weighted by molar-refractivity contribution is 1.22. The first-order valence-electron chi connectivity index (χ1n) is 16.4. The Kier molecular flexibility index (Phi) is 4.90. The maximum atomic E-state index is 2.58. The van der Waals surface area contributed by atoms with Gasteiger partial charge in [-0.15, -0.1) is 0 Å². The van der Waals surface area contributed by atoms with E-state index in [1.54, 1.807) is 0 Å². The lowest BCUT2D eigenvalue weighted by atomic mass is 9.86. The second-order valence-electron chi connectivity index (χ2n) is 12.9. The van der Waals surface area contributed by atoms with E-state index in [2.05, 4.69) is 168 Å². The highest BCUT2D eigenvalue weighted by atomic mass is 15.0. The Labute approximate surface area is 270 Å². The average molecular weight is 594 g/mol. The van der Waals surface area contributed by atoms with Crippen LogP contribution in [0.1, 0.15) is 0 Å². The van der Waals surface area contributed by atoms with Crippen LogP contribution in [0.4, 0.5) is 0 Å². The molecular weight excluding hydrogens is 567 g/mol. The zero-order chi connectivity index (χ0) is 30.6. The summed E-state index contributed by atoms with van der Waals surface area (Å²) in [7, 11) is 0. The van der Waals surface area contributed by atoms with Crippen molar-refractivity contribution in [3.8, 4) is 16.8 Å². The second kappa shape index (κ2) is 9.19. The Morgan fingerprint density at radius 3 is 1.72 bits per heavy atom. The van der Waals surface area contributed by atoms with Gasteiger partial charge in [0, 0.05) is 32.3 Å². The lowest BCUT2D eigenvalue weighted by Gasteiger charge is -2.19. The molecule has 1 aromatic heterocycles. The van der Waals surface area contributed by atoms with Crippen LogP contribution >= 0.6 is 0 Å². The summed E-state index contributed by atoms with van der Waals surface area (Å²) < 4.78 is 2.58. The Hall–Kier alpha value is -6.18. The molecule has 0 fully saturated rings. The van der Waals surface area contributed by atoms with Gasteiger partial charge in [-0.05, 0) is 78.5 Å². The Morgan fingerprint density at radius 1 is 0.319 bits per heavy atom. The van der Waals surface area contributed by atoms with Crippen LogP contribution in [0.3, 0.4) is 0 Å². The van der Waals surface area contributed by atoms with Crippen LogP contribution in [-0.4, -0.2) is 4.57 Å². The predicted molar refractivity (Wildman–Crippen MR) is 202 cm³/mol. The quantitative estimate of drug-likeness (QED) is 0.139. The lowest BCUT2D eigenvalue weighted by Crippen LogP contribution is -1.98. The summed E-state index contributed by atoms with van der Waals surface area (Å²) in [6.45, 7) is 0. The van der Waals surface area contributed by atoms with Crippen LogP contribution < -0.4 is 0 Å². The molecule has 0 atom stereocenters. The van der Waals surface area contributed by atoms with Crippen molar-refractivity contribution in [1.82, 2.24) is 4.57 Å². The molecule has 47 heavy (non-hydrogen) atoms. The van der Waals surface area contributed by atoms with Gasteiger partial charge in [0.25, 0.3) is 0 Å². The van der Waals surface area contributed by atoms with E-state index in [1.807, 2.05) is 0 Å². The third kappa shape index (κ3) is 3.33. The SMILES string of the molecule is c1ccc2cc(-c3cc4cccc5c4c4c3cccc4c3c5c4ccccc4n3-c3c4ccccc4cc4ccccc34)ccc2c1. The summed E-state index contributed by atoms with van der Waals surface area (Å²) in [6.07, 6.45) is 0. The minimum atomic E-state index is 1.23. The van der Waals surface area contributed by atoms with E-state index in [0.717, 1.165) is 0 Å². The minimum Gasteiger partial charge on any atom is -0.307 e. The van der Waals surface area contributed by atoms with Crippen molar-refractivity contribution in [3.63, 3.8) is 0 Å². The van der Waals surface area contributed by atoms with E-state index in [9.17, 15) is 0 Å². The third-order valence-electron chi connectivity index (χ3n) is 10.4. The van der Waals surface area contributed by atoms with Crippen molar-refractivity contribution < 1.29 is 0 Å². The standard InChI is InChI=1S/C46H27N/c1-2-12-29-25-32(24-23-28(29)11-1)40-27-33-15-9-20-38-42(33)43-36(40)19-10-21-39(43)46-44(38)37-18-7-8-22-41(37)47(46)45-34-16-5-3-13-30(34)26-31-14-4-6-17-35(31)45/h1-27H. The molecule has 11 aromatic rings. The molecule has 0 aliphatic heterocycles. The molecular formula is C46H27N. The molecule has 0 aliphatic carbocycles. The van der Waals surface area contributed by atoms with Crippen LogP contribution in [0.25, 0.3) is 103 Å². The summed E-state index contributed by atoms with van der Waals surface area (Å²) in [5.41, 5.74) is 6.28. The fourth-order valence-corrected chi connectivity index (χ4v) is 8.48. The van der Waals surface area contributed by atoms with Crippen LogP contribution in [0.15, 0.2) is 164 Å². The van der Waals surface area contributed by atoms with Gasteiger partial charge in [-0.1, -0.05) is 140 Å². The summed E-state index contributed by atoms with van der Waals surface area (Å²) in [5.74, 6) is 0. The van der Waals surface area contributed by atoms with Crippen molar-refractivity contribution in [1.29, 1.82) is 0 Å². The Bertz CT molecular complexity index is 3010. The van der Waals surface area contributed by atoms with E-state index >= 15 is 0 Å². The molecule has 216 valence electrons. The first kappa shape index (κ1) is 25.1. The highest BCUT2D eigenvalue weighted by molar-refractivity contribution is 6.39. The van der Waals surface area contributed by atoms with Crippen molar-refractivity contribution in [3.05, 3.63) is 164 Å². The fourth-order valence-electron chi connectivity index (χ4n) is 8.48. The summed E-state index contributed by atoms with van der Waals surface area (Å²) >= 11 is 0. The molecule has 0 radical (unpaired) electrons. The molecule has 0 saturated carbocycles. The van der Waals surface area contributed by atoms with E-state index in [-0.39, 0.29) is 0 Å². The van der Waals surface area contributed by atoms with Crippen molar-refractivity contribution >= 4 is 86.4 Å². The normalized spacial score (nSPS) is 12.3. The number of hydrogen-bond donors (Lipinski definition) is 0. The monoisotopic (exact) mass is 593 g/mol. The van der Waals surface area contributed by atoms with Gasteiger partial charge in [0.2, 0.25) is 0 Å². The summed E-state index contributed by atoms with van der Waals surface area (Å²) in [4.78, 5) is 0. The molecule has 0 spiro atoms. The van der Waals surface area contributed by atoms with Crippen molar-refractivity contribution in [2.45, 2.75) is 0 Å². The predicted octanol–water partition coefficient (Wildman–Crippen LogP) is 12.8. The maximum Gasteiger partial charge on any atom is 0.0626 e. The van der Waals surface area contributed by atoms with E-state index in [1.165, 1.54) is 103 Å². The van der Waals surface area contributed by atoms with Crippen LogP contribution in [0.5, 0.6) is 0 Å². The van der Waals surface area contributed by atoms with Gasteiger partial charge in [0.1, 0.15) is 0 Å². The first-order valence-corrected chi connectivity index (χ1v) is 16.4. The molecule has 1 heterocycles. The first-order chi connectivity index (χ1) is 23.3. The van der Waals surface area contributed by atoms with Crippen LogP contribution in [0.2, 0.25) is 0 Å². The maximum absolute atomic E-state index is 2.58.